The number of amides is 1. The maximum absolute atomic E-state index is 12.4. The zero-order valence-electron chi connectivity index (χ0n) is 13.1. The Bertz CT molecular complexity index is 720. The van der Waals surface area contributed by atoms with E-state index in [9.17, 15) is 9.90 Å². The van der Waals surface area contributed by atoms with Crippen LogP contribution in [0.4, 0.5) is 0 Å². The zero-order valence-corrected chi connectivity index (χ0v) is 13.9. The number of thioether (sulfide) groups is 1. The lowest BCUT2D eigenvalue weighted by atomic mass is 9.80. The molecule has 1 amide bonds. The molecule has 1 atom stereocenters. The third-order valence-corrected chi connectivity index (χ3v) is 5.00. The van der Waals surface area contributed by atoms with E-state index in [2.05, 4.69) is 16.4 Å². The van der Waals surface area contributed by atoms with Crippen LogP contribution in [0, 0.1) is 0 Å². The Labute approximate surface area is 140 Å². The molecule has 2 N–H and O–H groups in total. The van der Waals surface area contributed by atoms with Gasteiger partial charge in [-0.2, -0.15) is 0 Å². The van der Waals surface area contributed by atoms with Gasteiger partial charge in [-0.05, 0) is 42.4 Å². The number of hydrogen-bond acceptors (Lipinski definition) is 4. The Morgan fingerprint density at radius 2 is 2.09 bits per heavy atom. The summed E-state index contributed by atoms with van der Waals surface area (Å²) >= 11 is 1.44. The summed E-state index contributed by atoms with van der Waals surface area (Å²) in [7, 11) is 0. The summed E-state index contributed by atoms with van der Waals surface area (Å²) in [4.78, 5) is 16.6. The lowest BCUT2D eigenvalue weighted by Gasteiger charge is -2.33. The van der Waals surface area contributed by atoms with Gasteiger partial charge in [0.05, 0.1) is 11.2 Å². The van der Waals surface area contributed by atoms with Crippen molar-refractivity contribution < 1.29 is 9.90 Å². The van der Waals surface area contributed by atoms with Gasteiger partial charge in [-0.15, -0.1) is 11.8 Å². The molecule has 5 heteroatoms. The Kier molecular flexibility index (Phi) is 4.68. The highest BCUT2D eigenvalue weighted by molar-refractivity contribution is 7.98. The SMILES string of the molecule is CSc1ncccc1C(=O)NC[C@@]1(O)CCc2ccccc2C1. The van der Waals surface area contributed by atoms with Gasteiger partial charge >= 0.3 is 0 Å². The van der Waals surface area contributed by atoms with Gasteiger partial charge in [-0.3, -0.25) is 4.79 Å². The molecule has 3 rings (SSSR count). The summed E-state index contributed by atoms with van der Waals surface area (Å²) in [5.41, 5.74) is 2.13. The maximum Gasteiger partial charge on any atom is 0.254 e. The van der Waals surface area contributed by atoms with E-state index in [1.165, 1.54) is 22.9 Å². The van der Waals surface area contributed by atoms with E-state index in [1.54, 1.807) is 18.3 Å². The lowest BCUT2D eigenvalue weighted by Crippen LogP contribution is -2.46. The summed E-state index contributed by atoms with van der Waals surface area (Å²) in [6.07, 6.45) is 5.64. The van der Waals surface area contributed by atoms with Crippen molar-refractivity contribution in [1.29, 1.82) is 0 Å². The molecule has 0 saturated carbocycles. The molecule has 0 unspecified atom stereocenters. The minimum Gasteiger partial charge on any atom is -0.388 e. The predicted molar refractivity (Wildman–Crippen MR) is 91.8 cm³/mol. The van der Waals surface area contributed by atoms with Crippen LogP contribution in [0.3, 0.4) is 0 Å². The number of aryl methyl sites for hydroxylation is 1. The molecular weight excluding hydrogens is 308 g/mol. The second kappa shape index (κ2) is 6.72. The number of aromatic nitrogens is 1. The molecule has 1 heterocycles. The molecule has 1 aliphatic carbocycles. The first-order chi connectivity index (χ1) is 11.1. The van der Waals surface area contributed by atoms with Crippen molar-refractivity contribution in [2.24, 2.45) is 0 Å². The van der Waals surface area contributed by atoms with Gasteiger partial charge in [0, 0.05) is 19.2 Å². The quantitative estimate of drug-likeness (QED) is 0.846. The Morgan fingerprint density at radius 3 is 2.87 bits per heavy atom. The summed E-state index contributed by atoms with van der Waals surface area (Å²) in [6.45, 7) is 0.253. The number of aliphatic hydroxyl groups is 1. The van der Waals surface area contributed by atoms with E-state index >= 15 is 0 Å². The summed E-state index contributed by atoms with van der Waals surface area (Å²) < 4.78 is 0. The van der Waals surface area contributed by atoms with Crippen molar-refractivity contribution in [3.63, 3.8) is 0 Å². The molecule has 0 aliphatic heterocycles. The van der Waals surface area contributed by atoms with Crippen LogP contribution in [-0.2, 0) is 12.8 Å². The molecule has 0 bridgehead atoms. The van der Waals surface area contributed by atoms with Crippen LogP contribution in [0.15, 0.2) is 47.6 Å². The van der Waals surface area contributed by atoms with Crippen molar-refractivity contribution in [2.45, 2.75) is 29.9 Å². The number of nitrogens with zero attached hydrogens (tertiary/aromatic N) is 1. The highest BCUT2D eigenvalue weighted by atomic mass is 32.2. The summed E-state index contributed by atoms with van der Waals surface area (Å²) in [6, 6.07) is 11.7. The van der Waals surface area contributed by atoms with E-state index in [1.807, 2.05) is 24.5 Å². The first-order valence-electron chi connectivity index (χ1n) is 7.68. The van der Waals surface area contributed by atoms with Crippen molar-refractivity contribution in [3.05, 3.63) is 59.3 Å². The van der Waals surface area contributed by atoms with Gasteiger partial charge in [0.1, 0.15) is 5.03 Å². The van der Waals surface area contributed by atoms with Gasteiger partial charge in [0.15, 0.2) is 0 Å². The van der Waals surface area contributed by atoms with Crippen molar-refractivity contribution in [3.8, 4) is 0 Å². The van der Waals surface area contributed by atoms with Crippen LogP contribution in [0.25, 0.3) is 0 Å². The van der Waals surface area contributed by atoms with E-state index in [0.29, 0.717) is 23.4 Å². The largest absolute Gasteiger partial charge is 0.388 e. The minimum atomic E-state index is -0.883. The van der Waals surface area contributed by atoms with Crippen LogP contribution < -0.4 is 5.32 Å². The second-order valence-electron chi connectivity index (χ2n) is 5.91. The fraction of sp³-hybridized carbons (Fsp3) is 0.333. The number of carbonyl (C=O) groups is 1. The van der Waals surface area contributed by atoms with Crippen LogP contribution >= 0.6 is 11.8 Å². The van der Waals surface area contributed by atoms with Crippen LogP contribution in [0.2, 0.25) is 0 Å². The number of fused-ring (bicyclic) bond motifs is 1. The van der Waals surface area contributed by atoms with E-state index in [4.69, 9.17) is 0 Å². The number of carbonyl (C=O) groups excluding carboxylic acids is 1. The van der Waals surface area contributed by atoms with Crippen molar-refractivity contribution >= 4 is 17.7 Å². The Hall–Kier alpha value is -1.85. The monoisotopic (exact) mass is 328 g/mol. The molecule has 2 aromatic rings. The zero-order chi connectivity index (χ0) is 16.3. The number of nitrogens with one attached hydrogen (secondary N) is 1. The molecule has 23 heavy (non-hydrogen) atoms. The van der Waals surface area contributed by atoms with Crippen molar-refractivity contribution in [2.75, 3.05) is 12.8 Å². The number of pyridine rings is 1. The fourth-order valence-corrected chi connectivity index (χ4v) is 3.55. The Morgan fingerprint density at radius 1 is 1.30 bits per heavy atom. The van der Waals surface area contributed by atoms with Crippen LogP contribution in [0.5, 0.6) is 0 Å². The topological polar surface area (TPSA) is 62.2 Å². The summed E-state index contributed by atoms with van der Waals surface area (Å²) in [5.74, 6) is -0.185. The first kappa shape index (κ1) is 16.0. The average Bonchev–Trinajstić information content (AvgIpc) is 2.59. The predicted octanol–water partition coefficient (Wildman–Crippen LogP) is 2.45. The summed E-state index contributed by atoms with van der Waals surface area (Å²) in [5, 5.41) is 14.4. The molecule has 1 aliphatic rings. The van der Waals surface area contributed by atoms with E-state index in [0.717, 1.165) is 6.42 Å². The smallest absolute Gasteiger partial charge is 0.254 e. The molecule has 0 spiro atoms. The molecule has 0 radical (unpaired) electrons. The number of hydrogen-bond donors (Lipinski definition) is 2. The van der Waals surface area contributed by atoms with Gasteiger partial charge in [-0.25, -0.2) is 4.98 Å². The first-order valence-corrected chi connectivity index (χ1v) is 8.90. The molecule has 1 aromatic carbocycles. The third-order valence-electron chi connectivity index (χ3n) is 4.28. The van der Waals surface area contributed by atoms with Gasteiger partial charge in [0.2, 0.25) is 0 Å². The van der Waals surface area contributed by atoms with Gasteiger partial charge in [0.25, 0.3) is 5.91 Å². The average molecular weight is 328 g/mol. The molecule has 4 nitrogen and oxygen atoms in total. The normalized spacial score (nSPS) is 19.9. The van der Waals surface area contributed by atoms with Gasteiger partial charge in [-0.1, -0.05) is 24.3 Å². The maximum atomic E-state index is 12.4. The number of benzene rings is 1. The minimum absolute atomic E-state index is 0.185. The highest BCUT2D eigenvalue weighted by Gasteiger charge is 2.32. The van der Waals surface area contributed by atoms with Crippen molar-refractivity contribution in [1.82, 2.24) is 10.3 Å². The standard InChI is InChI=1S/C18H20N2O2S/c1-23-17-15(7-4-10-19-17)16(21)20-12-18(22)9-8-13-5-2-3-6-14(13)11-18/h2-7,10,22H,8-9,11-12H2,1H3,(H,20,21)/t18-/m1/s1. The Balaban J connectivity index is 1.67. The number of rotatable bonds is 4. The van der Waals surface area contributed by atoms with Crippen LogP contribution in [0.1, 0.15) is 27.9 Å². The molecule has 1 aromatic heterocycles. The van der Waals surface area contributed by atoms with E-state index in [-0.39, 0.29) is 12.5 Å². The molecule has 0 fully saturated rings. The second-order valence-corrected chi connectivity index (χ2v) is 6.71. The van der Waals surface area contributed by atoms with Crippen LogP contribution in [-0.4, -0.2) is 34.4 Å². The van der Waals surface area contributed by atoms with E-state index < -0.39 is 5.60 Å². The fourth-order valence-electron chi connectivity index (χ4n) is 3.00. The lowest BCUT2D eigenvalue weighted by molar-refractivity contribution is 0.0259. The van der Waals surface area contributed by atoms with Gasteiger partial charge < -0.3 is 10.4 Å². The third kappa shape index (κ3) is 3.57. The molecule has 0 saturated heterocycles. The molecule has 120 valence electrons. The molecular formula is C18H20N2O2S. The highest BCUT2D eigenvalue weighted by Crippen LogP contribution is 2.28.